The number of hydrogen-bond acceptors (Lipinski definition) is 6. The average molecular weight is 499 g/mol. The SMILES string of the molecule is O=C(Nc1ccc2c(c1)CCN(C1CCC1)CC2)c1c(OC(=O)C(F)(F)F)nnn1-c1ccccc1. The summed E-state index contributed by atoms with van der Waals surface area (Å²) in [7, 11) is 0. The Morgan fingerprint density at radius 3 is 2.39 bits per heavy atom. The third-order valence-electron chi connectivity index (χ3n) is 6.67. The van der Waals surface area contributed by atoms with Crippen molar-refractivity contribution in [2.45, 2.75) is 44.3 Å². The highest BCUT2D eigenvalue weighted by atomic mass is 19.4. The van der Waals surface area contributed by atoms with Crippen LogP contribution in [0.4, 0.5) is 18.9 Å². The second-order valence-corrected chi connectivity index (χ2v) is 8.94. The predicted molar refractivity (Wildman–Crippen MR) is 124 cm³/mol. The summed E-state index contributed by atoms with van der Waals surface area (Å²) in [6, 6.07) is 14.5. The normalized spacial score (nSPS) is 16.5. The minimum atomic E-state index is -5.26. The molecular formula is C25H24F3N5O3. The highest BCUT2D eigenvalue weighted by molar-refractivity contribution is 6.05. The van der Waals surface area contributed by atoms with Crippen molar-refractivity contribution >= 4 is 17.6 Å². The number of carbonyl (C=O) groups is 2. The van der Waals surface area contributed by atoms with Crippen LogP contribution in [0.5, 0.6) is 5.88 Å². The number of amides is 1. The number of halogens is 3. The number of para-hydroxylation sites is 1. The molecule has 1 fully saturated rings. The summed E-state index contributed by atoms with van der Waals surface area (Å²) < 4.78 is 43.9. The van der Waals surface area contributed by atoms with Crippen LogP contribution in [0.25, 0.3) is 5.69 Å². The maximum atomic E-state index is 13.3. The van der Waals surface area contributed by atoms with Crippen LogP contribution in [-0.2, 0) is 17.6 Å². The van der Waals surface area contributed by atoms with E-state index in [1.165, 1.54) is 24.8 Å². The standard InChI is InChI=1S/C25H24F3N5O3/c26-25(27,28)24(35)36-23-21(33(31-30-23)20-5-2-1-3-6-20)22(34)29-18-10-9-16-11-13-32(19-7-4-8-19)14-12-17(16)15-18/h1-3,5-6,9-10,15,19H,4,7-8,11-14H2,(H,29,34). The van der Waals surface area contributed by atoms with Crippen molar-refractivity contribution in [1.82, 2.24) is 19.9 Å². The van der Waals surface area contributed by atoms with Gasteiger partial charge in [0.05, 0.1) is 5.69 Å². The fraction of sp³-hybridized carbons (Fsp3) is 0.360. The van der Waals surface area contributed by atoms with Crippen molar-refractivity contribution in [3.05, 3.63) is 65.4 Å². The van der Waals surface area contributed by atoms with E-state index < -0.39 is 29.6 Å². The zero-order chi connectivity index (χ0) is 25.3. The zero-order valence-electron chi connectivity index (χ0n) is 19.3. The van der Waals surface area contributed by atoms with Crippen LogP contribution in [0.2, 0.25) is 0 Å². The van der Waals surface area contributed by atoms with Gasteiger partial charge in [-0.2, -0.15) is 13.2 Å². The number of alkyl halides is 3. The lowest BCUT2D eigenvalue weighted by molar-refractivity contribution is -0.190. The van der Waals surface area contributed by atoms with Crippen molar-refractivity contribution < 1.29 is 27.5 Å². The van der Waals surface area contributed by atoms with E-state index >= 15 is 0 Å². The molecule has 8 nitrogen and oxygen atoms in total. The quantitative estimate of drug-likeness (QED) is 0.535. The second-order valence-electron chi connectivity index (χ2n) is 8.94. The molecule has 188 valence electrons. The van der Waals surface area contributed by atoms with E-state index in [-0.39, 0.29) is 0 Å². The highest BCUT2D eigenvalue weighted by Gasteiger charge is 2.43. The number of carbonyl (C=O) groups excluding carboxylic acids is 2. The summed E-state index contributed by atoms with van der Waals surface area (Å²) in [5.74, 6) is -4.12. The first-order valence-electron chi connectivity index (χ1n) is 11.8. The van der Waals surface area contributed by atoms with Crippen molar-refractivity contribution in [1.29, 1.82) is 0 Å². The molecule has 3 aromatic rings. The highest BCUT2D eigenvalue weighted by Crippen LogP contribution is 2.29. The van der Waals surface area contributed by atoms with E-state index in [4.69, 9.17) is 0 Å². The van der Waals surface area contributed by atoms with Crippen molar-refractivity contribution in [2.24, 2.45) is 0 Å². The number of fused-ring (bicyclic) bond motifs is 1. The second kappa shape index (κ2) is 9.73. The molecule has 2 heterocycles. The smallest absolute Gasteiger partial charge is 0.396 e. The molecule has 0 saturated heterocycles. The number of nitrogens with one attached hydrogen (secondary N) is 1. The van der Waals surface area contributed by atoms with Gasteiger partial charge in [0, 0.05) is 24.8 Å². The molecule has 0 bridgehead atoms. The predicted octanol–water partition coefficient (Wildman–Crippen LogP) is 3.94. The molecule has 0 unspecified atom stereocenters. The summed E-state index contributed by atoms with van der Waals surface area (Å²) in [6.45, 7) is 1.94. The van der Waals surface area contributed by atoms with Gasteiger partial charge in [-0.05, 0) is 61.1 Å². The number of aromatic nitrogens is 3. The lowest BCUT2D eigenvalue weighted by Crippen LogP contribution is -2.41. The number of anilines is 1. The van der Waals surface area contributed by atoms with Gasteiger partial charge in [-0.3, -0.25) is 9.69 Å². The van der Waals surface area contributed by atoms with Crippen molar-refractivity contribution in [3.63, 3.8) is 0 Å². The molecule has 2 aromatic carbocycles. The molecule has 1 aliphatic heterocycles. The third kappa shape index (κ3) is 4.97. The van der Waals surface area contributed by atoms with Gasteiger partial charge < -0.3 is 10.1 Å². The maximum absolute atomic E-state index is 13.3. The Morgan fingerprint density at radius 2 is 1.72 bits per heavy atom. The van der Waals surface area contributed by atoms with Crippen LogP contribution in [-0.4, -0.2) is 57.1 Å². The summed E-state index contributed by atoms with van der Waals surface area (Å²) in [5.41, 5.74) is 2.75. The monoisotopic (exact) mass is 499 g/mol. The number of nitrogens with zero attached hydrogens (tertiary/aromatic N) is 4. The molecule has 0 atom stereocenters. The minimum Gasteiger partial charge on any atom is -0.396 e. The largest absolute Gasteiger partial charge is 0.491 e. The van der Waals surface area contributed by atoms with E-state index in [2.05, 4.69) is 25.3 Å². The zero-order valence-corrected chi connectivity index (χ0v) is 19.3. The van der Waals surface area contributed by atoms with Gasteiger partial charge in [0.1, 0.15) is 0 Å². The van der Waals surface area contributed by atoms with Gasteiger partial charge in [0.2, 0.25) is 0 Å². The summed E-state index contributed by atoms with van der Waals surface area (Å²) >= 11 is 0. The van der Waals surface area contributed by atoms with Crippen LogP contribution in [0.3, 0.4) is 0 Å². The van der Waals surface area contributed by atoms with E-state index in [1.807, 2.05) is 12.1 Å². The Kier molecular flexibility index (Phi) is 6.48. The Bertz CT molecular complexity index is 1270. The number of esters is 1. The average Bonchev–Trinajstić information content (AvgIpc) is 3.13. The van der Waals surface area contributed by atoms with Gasteiger partial charge in [-0.25, -0.2) is 9.48 Å². The van der Waals surface area contributed by atoms with Crippen LogP contribution < -0.4 is 10.1 Å². The molecule has 1 saturated carbocycles. The number of hydrogen-bond donors (Lipinski definition) is 1. The Morgan fingerprint density at radius 1 is 1.00 bits per heavy atom. The Balaban J connectivity index is 1.40. The maximum Gasteiger partial charge on any atom is 0.491 e. The first kappa shape index (κ1) is 24.0. The lowest BCUT2D eigenvalue weighted by atomic mass is 9.91. The van der Waals surface area contributed by atoms with Crippen molar-refractivity contribution in [2.75, 3.05) is 18.4 Å². The minimum absolute atomic E-state index is 0.363. The van der Waals surface area contributed by atoms with Gasteiger partial charge in [0.15, 0.2) is 5.69 Å². The number of benzene rings is 2. The lowest BCUT2D eigenvalue weighted by Gasteiger charge is -2.36. The molecule has 36 heavy (non-hydrogen) atoms. The molecule has 1 aromatic heterocycles. The summed E-state index contributed by atoms with van der Waals surface area (Å²) in [4.78, 5) is 27.2. The number of rotatable bonds is 5. The molecule has 2 aliphatic rings. The van der Waals surface area contributed by atoms with Crippen LogP contribution in [0.1, 0.15) is 40.9 Å². The fourth-order valence-corrected chi connectivity index (χ4v) is 4.55. The van der Waals surface area contributed by atoms with Crippen LogP contribution in [0.15, 0.2) is 48.5 Å². The molecule has 1 N–H and O–H groups in total. The molecular weight excluding hydrogens is 475 g/mol. The Hall–Kier alpha value is -3.73. The molecule has 0 spiro atoms. The van der Waals surface area contributed by atoms with E-state index in [0.29, 0.717) is 17.4 Å². The Labute approximate surface area is 205 Å². The molecule has 5 rings (SSSR count). The molecule has 11 heteroatoms. The molecule has 0 radical (unpaired) electrons. The topological polar surface area (TPSA) is 89.3 Å². The van der Waals surface area contributed by atoms with Gasteiger partial charge in [-0.1, -0.05) is 41.0 Å². The fourth-order valence-electron chi connectivity index (χ4n) is 4.55. The van der Waals surface area contributed by atoms with Crippen LogP contribution >= 0.6 is 0 Å². The van der Waals surface area contributed by atoms with Gasteiger partial charge in [0.25, 0.3) is 11.8 Å². The molecule has 1 aliphatic carbocycles. The van der Waals surface area contributed by atoms with E-state index in [0.717, 1.165) is 36.2 Å². The summed E-state index contributed by atoms with van der Waals surface area (Å²) in [5, 5.41) is 10.0. The van der Waals surface area contributed by atoms with Crippen LogP contribution in [0, 0.1) is 0 Å². The van der Waals surface area contributed by atoms with Gasteiger partial charge >= 0.3 is 12.1 Å². The number of ether oxygens (including phenoxy) is 1. The third-order valence-corrected chi connectivity index (χ3v) is 6.67. The molecule has 1 amide bonds. The van der Waals surface area contributed by atoms with Crippen molar-refractivity contribution in [3.8, 4) is 11.6 Å². The first-order valence-corrected chi connectivity index (χ1v) is 11.8. The summed E-state index contributed by atoms with van der Waals surface area (Å²) in [6.07, 6.45) is 0.257. The van der Waals surface area contributed by atoms with E-state index in [9.17, 15) is 22.8 Å². The van der Waals surface area contributed by atoms with E-state index in [1.54, 1.807) is 36.4 Å². The first-order chi connectivity index (χ1) is 17.3. The van der Waals surface area contributed by atoms with Gasteiger partial charge in [-0.15, -0.1) is 0 Å².